The second kappa shape index (κ2) is 8.91. The minimum absolute atomic E-state index is 0.111. The van der Waals surface area contributed by atoms with E-state index in [9.17, 15) is 13.2 Å². The second-order valence-electron chi connectivity index (χ2n) is 6.18. The van der Waals surface area contributed by atoms with Crippen LogP contribution in [0.1, 0.15) is 19.4 Å². The first kappa shape index (κ1) is 20.6. The molecule has 0 saturated carbocycles. The van der Waals surface area contributed by atoms with E-state index in [0.717, 1.165) is 5.56 Å². The molecule has 1 N–H and O–H groups in total. The molecule has 0 saturated heterocycles. The molecule has 0 radical (unpaired) electrons. The number of hydrogen-bond donors (Lipinski definition) is 1. The quantitative estimate of drug-likeness (QED) is 0.567. The lowest BCUT2D eigenvalue weighted by molar-refractivity contribution is -0.142. The number of fused-ring (bicyclic) bond motifs is 1. The molecule has 2 aromatic carbocycles. The zero-order valence-electron chi connectivity index (χ0n) is 16.2. The monoisotopic (exact) mass is 414 g/mol. The van der Waals surface area contributed by atoms with Crippen molar-refractivity contribution in [1.29, 1.82) is 0 Å². The summed E-state index contributed by atoms with van der Waals surface area (Å²) in [5.74, 6) is 0.208. The zero-order valence-corrected chi connectivity index (χ0v) is 17.0. The van der Waals surface area contributed by atoms with Gasteiger partial charge in [-0.15, -0.1) is 0 Å². The van der Waals surface area contributed by atoms with Gasteiger partial charge in [0.05, 0.1) is 24.5 Å². The van der Waals surface area contributed by atoms with Crippen molar-refractivity contribution < 1.29 is 22.7 Å². The van der Waals surface area contributed by atoms with Crippen LogP contribution in [0.5, 0.6) is 5.75 Å². The molecule has 1 heterocycles. The van der Waals surface area contributed by atoms with Crippen LogP contribution in [0.2, 0.25) is 0 Å². The maximum Gasteiger partial charge on any atom is 0.310 e. The normalized spacial score (nSPS) is 11.2. The molecular formula is C21H22N2O5S. The SMILES string of the molecule is CCOC(=O)Cc1ccc(NS(=O)(=O)c2ccc(OCC)c3ncccc23)cc1. The first-order valence-electron chi connectivity index (χ1n) is 9.22. The van der Waals surface area contributed by atoms with Crippen molar-refractivity contribution in [2.45, 2.75) is 25.2 Å². The Labute approximate surface area is 169 Å². The highest BCUT2D eigenvalue weighted by Crippen LogP contribution is 2.30. The summed E-state index contributed by atoms with van der Waals surface area (Å²) >= 11 is 0. The van der Waals surface area contributed by atoms with Crippen LogP contribution < -0.4 is 9.46 Å². The van der Waals surface area contributed by atoms with Gasteiger partial charge in [-0.25, -0.2) is 8.42 Å². The fraction of sp³-hybridized carbons (Fsp3) is 0.238. The number of aromatic nitrogens is 1. The van der Waals surface area contributed by atoms with Crippen LogP contribution in [-0.2, 0) is 26.0 Å². The topological polar surface area (TPSA) is 94.6 Å². The summed E-state index contributed by atoms with van der Waals surface area (Å²) in [5.41, 5.74) is 1.62. The van der Waals surface area contributed by atoms with Crippen LogP contribution in [0.4, 0.5) is 5.69 Å². The highest BCUT2D eigenvalue weighted by Gasteiger charge is 2.20. The lowest BCUT2D eigenvalue weighted by Gasteiger charge is -2.13. The lowest BCUT2D eigenvalue weighted by atomic mass is 10.1. The van der Waals surface area contributed by atoms with Crippen molar-refractivity contribution in [3.63, 3.8) is 0 Å². The third-order valence-corrected chi connectivity index (χ3v) is 5.58. The summed E-state index contributed by atoms with van der Waals surface area (Å²) in [7, 11) is -3.85. The van der Waals surface area contributed by atoms with Crippen LogP contribution in [0.15, 0.2) is 59.6 Å². The number of ether oxygens (including phenoxy) is 2. The van der Waals surface area contributed by atoms with Crippen molar-refractivity contribution in [3.05, 3.63) is 60.3 Å². The average molecular weight is 414 g/mol. The number of benzene rings is 2. The molecule has 0 atom stereocenters. The molecule has 3 rings (SSSR count). The summed E-state index contributed by atoms with van der Waals surface area (Å²) in [6.45, 7) is 4.37. The number of rotatable bonds is 8. The van der Waals surface area contributed by atoms with Gasteiger partial charge in [-0.3, -0.25) is 14.5 Å². The van der Waals surface area contributed by atoms with Gasteiger partial charge in [0.15, 0.2) is 0 Å². The number of pyridine rings is 1. The van der Waals surface area contributed by atoms with E-state index < -0.39 is 10.0 Å². The van der Waals surface area contributed by atoms with E-state index in [1.165, 1.54) is 6.07 Å². The number of hydrogen-bond acceptors (Lipinski definition) is 6. The maximum absolute atomic E-state index is 13.0. The van der Waals surface area contributed by atoms with E-state index in [1.807, 2.05) is 6.92 Å². The molecule has 1 aromatic heterocycles. The van der Waals surface area contributed by atoms with Crippen molar-refractivity contribution in [3.8, 4) is 5.75 Å². The van der Waals surface area contributed by atoms with E-state index in [1.54, 1.807) is 55.6 Å². The highest BCUT2D eigenvalue weighted by atomic mass is 32.2. The Morgan fingerprint density at radius 1 is 1.03 bits per heavy atom. The predicted octanol–water partition coefficient (Wildman–Crippen LogP) is 3.54. The van der Waals surface area contributed by atoms with Crippen LogP contribution in [0.3, 0.4) is 0 Å². The summed E-state index contributed by atoms with van der Waals surface area (Å²) in [5, 5.41) is 0.477. The molecule has 0 aliphatic heterocycles. The molecule has 0 unspecified atom stereocenters. The summed E-state index contributed by atoms with van der Waals surface area (Å²) in [6.07, 6.45) is 1.73. The minimum Gasteiger partial charge on any atom is -0.492 e. The Morgan fingerprint density at radius 2 is 1.79 bits per heavy atom. The largest absolute Gasteiger partial charge is 0.492 e. The van der Waals surface area contributed by atoms with Crippen LogP contribution in [0.25, 0.3) is 10.9 Å². The van der Waals surface area contributed by atoms with Crippen LogP contribution in [-0.4, -0.2) is 32.6 Å². The van der Waals surface area contributed by atoms with Crippen molar-refractivity contribution >= 4 is 32.6 Å². The smallest absolute Gasteiger partial charge is 0.310 e. The fourth-order valence-corrected chi connectivity index (χ4v) is 4.16. The van der Waals surface area contributed by atoms with Crippen molar-refractivity contribution in [2.24, 2.45) is 0 Å². The number of carbonyl (C=O) groups is 1. The van der Waals surface area contributed by atoms with Gasteiger partial charge < -0.3 is 9.47 Å². The molecule has 0 aliphatic rings. The van der Waals surface area contributed by atoms with Gasteiger partial charge in [0.2, 0.25) is 0 Å². The molecule has 152 valence electrons. The molecule has 0 amide bonds. The number of carbonyl (C=O) groups excluding carboxylic acids is 1. The standard InChI is InChI=1S/C21H22N2O5S/c1-3-27-18-11-12-19(17-6-5-13-22-21(17)18)29(25,26)23-16-9-7-15(8-10-16)14-20(24)28-4-2/h5-13,23H,3-4,14H2,1-2H3. The number of anilines is 1. The number of nitrogens with zero attached hydrogens (tertiary/aromatic N) is 1. The first-order chi connectivity index (χ1) is 13.9. The van der Waals surface area contributed by atoms with Gasteiger partial charge >= 0.3 is 5.97 Å². The lowest BCUT2D eigenvalue weighted by Crippen LogP contribution is -2.14. The van der Waals surface area contributed by atoms with E-state index >= 15 is 0 Å². The molecule has 3 aromatic rings. The van der Waals surface area contributed by atoms with E-state index in [4.69, 9.17) is 9.47 Å². The number of sulfonamides is 1. The van der Waals surface area contributed by atoms with E-state index in [-0.39, 0.29) is 17.3 Å². The number of nitrogens with one attached hydrogen (secondary N) is 1. The van der Waals surface area contributed by atoms with Gasteiger partial charge in [-0.1, -0.05) is 12.1 Å². The van der Waals surface area contributed by atoms with Crippen molar-refractivity contribution in [1.82, 2.24) is 4.98 Å². The van der Waals surface area contributed by atoms with Crippen LogP contribution >= 0.6 is 0 Å². The van der Waals surface area contributed by atoms with E-state index in [2.05, 4.69) is 9.71 Å². The molecule has 0 aliphatic carbocycles. The van der Waals surface area contributed by atoms with Crippen molar-refractivity contribution in [2.75, 3.05) is 17.9 Å². The average Bonchev–Trinajstić information content (AvgIpc) is 2.70. The molecule has 0 fully saturated rings. The highest BCUT2D eigenvalue weighted by molar-refractivity contribution is 7.93. The van der Waals surface area contributed by atoms with Gasteiger partial charge in [-0.2, -0.15) is 0 Å². The molecule has 0 bridgehead atoms. The first-order valence-corrected chi connectivity index (χ1v) is 10.7. The molecular weight excluding hydrogens is 392 g/mol. The van der Waals surface area contributed by atoms with Gasteiger partial charge in [0.1, 0.15) is 11.3 Å². The van der Waals surface area contributed by atoms with Gasteiger partial charge in [0, 0.05) is 17.3 Å². The summed E-state index contributed by atoms with van der Waals surface area (Å²) in [4.78, 5) is 15.9. The molecule has 29 heavy (non-hydrogen) atoms. The third-order valence-electron chi connectivity index (χ3n) is 4.14. The number of esters is 1. The fourth-order valence-electron chi connectivity index (χ4n) is 2.91. The Kier molecular flexibility index (Phi) is 6.33. The van der Waals surface area contributed by atoms with Gasteiger partial charge in [0.25, 0.3) is 10.0 Å². The predicted molar refractivity (Wildman–Crippen MR) is 110 cm³/mol. The van der Waals surface area contributed by atoms with E-state index in [0.29, 0.717) is 35.6 Å². The molecule has 8 heteroatoms. The summed E-state index contributed by atoms with van der Waals surface area (Å²) < 4.78 is 39.0. The Hall–Kier alpha value is -3.13. The molecule has 7 nitrogen and oxygen atoms in total. The molecule has 0 spiro atoms. The van der Waals surface area contributed by atoms with Crippen LogP contribution in [0, 0.1) is 0 Å². The Morgan fingerprint density at radius 3 is 2.48 bits per heavy atom. The summed E-state index contributed by atoms with van der Waals surface area (Å²) in [6, 6.07) is 13.1. The third kappa shape index (κ3) is 4.83. The Balaban J connectivity index is 1.87. The second-order valence-corrected chi connectivity index (χ2v) is 7.83. The maximum atomic E-state index is 13.0. The Bertz CT molecular complexity index is 1110. The zero-order chi connectivity index (χ0) is 20.9. The minimum atomic E-state index is -3.85. The van der Waals surface area contributed by atoms with Gasteiger partial charge in [-0.05, 0) is 55.8 Å².